The number of nitrogens with one attached hydrogen (secondary N) is 1. The lowest BCUT2D eigenvalue weighted by atomic mass is 10.0. The second-order valence-electron chi connectivity index (χ2n) is 8.35. The number of nitrogens with zero attached hydrogens (tertiary/aromatic N) is 1. The molecule has 3 rings (SSSR count). The van der Waals surface area contributed by atoms with Crippen molar-refractivity contribution in [2.24, 2.45) is 0 Å². The molecule has 5 nitrogen and oxygen atoms in total. The van der Waals surface area contributed by atoms with Crippen molar-refractivity contribution in [2.45, 2.75) is 39.3 Å². The normalized spacial score (nSPS) is 11.5. The molecule has 0 heterocycles. The smallest absolute Gasteiger partial charge is 0.261 e. The van der Waals surface area contributed by atoms with Gasteiger partial charge in [-0.2, -0.15) is 0 Å². The third-order valence-electron chi connectivity index (χ3n) is 5.55. The summed E-state index contributed by atoms with van der Waals surface area (Å²) in [4.78, 5) is 28.5. The number of carbonyl (C=O) groups is 2. The zero-order chi connectivity index (χ0) is 25.2. The van der Waals surface area contributed by atoms with Gasteiger partial charge in [-0.25, -0.2) is 0 Å². The molecular weight excluding hydrogens is 528 g/mol. The van der Waals surface area contributed by atoms with Gasteiger partial charge in [0.15, 0.2) is 6.61 Å². The van der Waals surface area contributed by atoms with E-state index in [2.05, 4.69) is 21.2 Å². The second kappa shape index (κ2) is 13.3. The predicted octanol–water partition coefficient (Wildman–Crippen LogP) is 5.96. The van der Waals surface area contributed by atoms with Crippen molar-refractivity contribution in [1.82, 2.24) is 10.2 Å². The number of carbonyl (C=O) groups excluding carboxylic acids is 2. The van der Waals surface area contributed by atoms with Gasteiger partial charge in [-0.3, -0.25) is 9.59 Å². The van der Waals surface area contributed by atoms with Gasteiger partial charge in [0.2, 0.25) is 5.91 Å². The van der Waals surface area contributed by atoms with E-state index in [1.54, 1.807) is 23.1 Å². The van der Waals surface area contributed by atoms with Crippen LogP contribution in [0.5, 0.6) is 5.75 Å². The molecular formula is C28H30BrClN2O3. The molecule has 0 aliphatic rings. The number of benzene rings is 3. The monoisotopic (exact) mass is 556 g/mol. The van der Waals surface area contributed by atoms with Crippen molar-refractivity contribution in [3.63, 3.8) is 0 Å². The molecule has 3 aromatic carbocycles. The van der Waals surface area contributed by atoms with Gasteiger partial charge < -0.3 is 15.0 Å². The summed E-state index contributed by atoms with van der Waals surface area (Å²) in [6, 6.07) is 22.1. The molecule has 0 aliphatic heterocycles. The summed E-state index contributed by atoms with van der Waals surface area (Å²) in [5.74, 6) is 0.101. The minimum Gasteiger partial charge on any atom is -0.484 e. The quantitative estimate of drug-likeness (QED) is 0.317. The fraction of sp³-hybridized carbons (Fsp3) is 0.286. The Morgan fingerprint density at radius 2 is 1.77 bits per heavy atom. The van der Waals surface area contributed by atoms with E-state index < -0.39 is 6.04 Å². The van der Waals surface area contributed by atoms with Gasteiger partial charge in [0, 0.05) is 29.0 Å². The number of hydrogen-bond donors (Lipinski definition) is 1. The summed E-state index contributed by atoms with van der Waals surface area (Å²) in [7, 11) is 0. The van der Waals surface area contributed by atoms with Crippen LogP contribution in [0.3, 0.4) is 0 Å². The summed E-state index contributed by atoms with van der Waals surface area (Å²) in [6.45, 7) is 4.51. The molecule has 184 valence electrons. The van der Waals surface area contributed by atoms with E-state index in [0.29, 0.717) is 23.7 Å². The van der Waals surface area contributed by atoms with Gasteiger partial charge in [0.05, 0.1) is 0 Å². The largest absolute Gasteiger partial charge is 0.484 e. The van der Waals surface area contributed by atoms with Crippen LogP contribution in [0, 0.1) is 6.92 Å². The molecule has 0 bridgehead atoms. The number of amides is 2. The maximum atomic E-state index is 13.6. The van der Waals surface area contributed by atoms with E-state index in [1.807, 2.05) is 68.4 Å². The SMILES string of the molecule is CCCNC(=O)[C@@H](Cc1ccccc1)N(Cc1cccc(Br)c1)C(=O)COc1ccc(Cl)c(C)c1. The van der Waals surface area contributed by atoms with Gasteiger partial charge >= 0.3 is 0 Å². The van der Waals surface area contributed by atoms with Gasteiger partial charge in [-0.05, 0) is 60.4 Å². The van der Waals surface area contributed by atoms with Crippen molar-refractivity contribution in [3.8, 4) is 5.75 Å². The number of rotatable bonds is 11. The average molecular weight is 558 g/mol. The summed E-state index contributed by atoms with van der Waals surface area (Å²) in [5, 5.41) is 3.61. The van der Waals surface area contributed by atoms with Gasteiger partial charge in [0.25, 0.3) is 5.91 Å². The first-order valence-corrected chi connectivity index (χ1v) is 12.8. The summed E-state index contributed by atoms with van der Waals surface area (Å²) in [5.41, 5.74) is 2.75. The van der Waals surface area contributed by atoms with Gasteiger partial charge in [-0.15, -0.1) is 0 Å². The van der Waals surface area contributed by atoms with Crippen LogP contribution in [0.1, 0.15) is 30.0 Å². The number of halogens is 2. The van der Waals surface area contributed by atoms with Crippen LogP contribution < -0.4 is 10.1 Å². The van der Waals surface area contributed by atoms with Crippen molar-refractivity contribution in [2.75, 3.05) is 13.2 Å². The van der Waals surface area contributed by atoms with Crippen LogP contribution in [-0.2, 0) is 22.6 Å². The van der Waals surface area contributed by atoms with E-state index >= 15 is 0 Å². The highest BCUT2D eigenvalue weighted by Crippen LogP contribution is 2.22. The Labute approximate surface area is 220 Å². The Hall–Kier alpha value is -2.83. The summed E-state index contributed by atoms with van der Waals surface area (Å²) < 4.78 is 6.72. The lowest BCUT2D eigenvalue weighted by Gasteiger charge is -2.31. The topological polar surface area (TPSA) is 58.6 Å². The third-order valence-corrected chi connectivity index (χ3v) is 6.47. The molecule has 3 aromatic rings. The molecule has 0 aromatic heterocycles. The van der Waals surface area contributed by atoms with Crippen LogP contribution in [0.4, 0.5) is 0 Å². The van der Waals surface area contributed by atoms with E-state index in [9.17, 15) is 9.59 Å². The molecule has 0 unspecified atom stereocenters. The van der Waals surface area contributed by atoms with E-state index in [0.717, 1.165) is 27.6 Å². The Morgan fingerprint density at radius 3 is 2.46 bits per heavy atom. The fourth-order valence-electron chi connectivity index (χ4n) is 3.69. The molecule has 0 radical (unpaired) electrons. The molecule has 2 amide bonds. The average Bonchev–Trinajstić information content (AvgIpc) is 2.86. The van der Waals surface area contributed by atoms with Crippen LogP contribution in [0.15, 0.2) is 77.3 Å². The number of hydrogen-bond acceptors (Lipinski definition) is 3. The zero-order valence-corrected chi connectivity index (χ0v) is 22.3. The highest BCUT2D eigenvalue weighted by atomic mass is 79.9. The van der Waals surface area contributed by atoms with Crippen LogP contribution in [0.25, 0.3) is 0 Å². The maximum absolute atomic E-state index is 13.6. The fourth-order valence-corrected chi connectivity index (χ4v) is 4.25. The van der Waals surface area contributed by atoms with Gasteiger partial charge in [0.1, 0.15) is 11.8 Å². The van der Waals surface area contributed by atoms with E-state index in [4.69, 9.17) is 16.3 Å². The minimum absolute atomic E-state index is 0.179. The van der Waals surface area contributed by atoms with Crippen molar-refractivity contribution < 1.29 is 14.3 Å². The first-order valence-electron chi connectivity index (χ1n) is 11.6. The molecule has 0 spiro atoms. The standard InChI is InChI=1S/C28H30BrClN2O3/c1-3-14-31-28(34)26(17-21-8-5-4-6-9-21)32(18-22-10-7-11-23(29)16-22)27(33)19-35-24-12-13-25(30)20(2)15-24/h4-13,15-16,26H,3,14,17-19H2,1-2H3,(H,31,34)/t26-/m1/s1. The maximum Gasteiger partial charge on any atom is 0.261 e. The van der Waals surface area contributed by atoms with Crippen molar-refractivity contribution in [3.05, 3.63) is 99.0 Å². The number of aryl methyl sites for hydroxylation is 1. The molecule has 7 heteroatoms. The van der Waals surface area contributed by atoms with Gasteiger partial charge in [-0.1, -0.05) is 76.9 Å². The Balaban J connectivity index is 1.89. The Bertz CT molecular complexity index is 1140. The predicted molar refractivity (Wildman–Crippen MR) is 144 cm³/mol. The van der Waals surface area contributed by atoms with Crippen LogP contribution in [-0.4, -0.2) is 35.9 Å². The van der Waals surface area contributed by atoms with Crippen LogP contribution >= 0.6 is 27.5 Å². The molecule has 1 N–H and O–H groups in total. The van der Waals surface area contributed by atoms with Crippen molar-refractivity contribution in [1.29, 1.82) is 0 Å². The summed E-state index contributed by atoms with van der Waals surface area (Å²) >= 11 is 9.61. The second-order valence-corrected chi connectivity index (χ2v) is 9.67. The molecule has 0 saturated carbocycles. The summed E-state index contributed by atoms with van der Waals surface area (Å²) in [6.07, 6.45) is 1.21. The molecule has 0 fully saturated rings. The Morgan fingerprint density at radius 1 is 1.03 bits per heavy atom. The van der Waals surface area contributed by atoms with Crippen LogP contribution in [0.2, 0.25) is 5.02 Å². The van der Waals surface area contributed by atoms with Crippen molar-refractivity contribution >= 4 is 39.3 Å². The molecule has 1 atom stereocenters. The molecule has 0 saturated heterocycles. The van der Waals surface area contributed by atoms with E-state index in [-0.39, 0.29) is 25.0 Å². The molecule has 0 aliphatic carbocycles. The first-order chi connectivity index (χ1) is 16.9. The highest BCUT2D eigenvalue weighted by molar-refractivity contribution is 9.10. The van der Waals surface area contributed by atoms with E-state index in [1.165, 1.54) is 0 Å². The minimum atomic E-state index is -0.689. The molecule has 35 heavy (non-hydrogen) atoms. The zero-order valence-electron chi connectivity index (χ0n) is 20.0. The highest BCUT2D eigenvalue weighted by Gasteiger charge is 2.30. The lowest BCUT2D eigenvalue weighted by Crippen LogP contribution is -2.51. The lowest BCUT2D eigenvalue weighted by molar-refractivity contribution is -0.142. The number of ether oxygens (including phenoxy) is 1. The third kappa shape index (κ3) is 8.11. The first kappa shape index (κ1) is 26.8. The Kier molecular flexibility index (Phi) is 10.2.